The van der Waals surface area contributed by atoms with Gasteiger partial charge in [0.2, 0.25) is 0 Å². The largest absolute Gasteiger partial charge is 0.497 e. The first-order valence-electron chi connectivity index (χ1n) is 12.7. The summed E-state index contributed by atoms with van der Waals surface area (Å²) in [5.74, 6) is 2.05. The fraction of sp³-hybridized carbons (Fsp3) is 0.406. The summed E-state index contributed by atoms with van der Waals surface area (Å²) in [6, 6.07) is 19.0. The van der Waals surface area contributed by atoms with Crippen LogP contribution >= 0.6 is 0 Å². The van der Waals surface area contributed by atoms with Crippen molar-refractivity contribution in [2.75, 3.05) is 7.11 Å². The van der Waals surface area contributed by atoms with Crippen LogP contribution in [0.15, 0.2) is 60.7 Å². The number of ketones is 1. The summed E-state index contributed by atoms with van der Waals surface area (Å²) in [7, 11) is 1.59. The van der Waals surface area contributed by atoms with E-state index in [2.05, 4.69) is 52.8 Å². The van der Waals surface area contributed by atoms with Crippen LogP contribution < -0.4 is 9.47 Å². The molecule has 0 amide bonds. The Morgan fingerprint density at radius 2 is 1.58 bits per heavy atom. The van der Waals surface area contributed by atoms with Crippen molar-refractivity contribution in [3.05, 3.63) is 83.2 Å². The van der Waals surface area contributed by atoms with Gasteiger partial charge in [-0.1, -0.05) is 58.9 Å². The summed E-state index contributed by atoms with van der Waals surface area (Å²) in [5.41, 5.74) is 4.38. The minimum Gasteiger partial charge on any atom is -0.497 e. The minimum absolute atomic E-state index is 0.160. The molecule has 3 rings (SSSR count). The molecule has 0 N–H and O–H groups in total. The monoisotopic (exact) mass is 490 g/mol. The maximum Gasteiger partial charge on any atom is 0.131 e. The maximum atomic E-state index is 14.9. The van der Waals surface area contributed by atoms with E-state index >= 15 is 0 Å². The van der Waals surface area contributed by atoms with Gasteiger partial charge >= 0.3 is 0 Å². The molecule has 0 aliphatic carbocycles. The van der Waals surface area contributed by atoms with Gasteiger partial charge < -0.3 is 14.3 Å². The van der Waals surface area contributed by atoms with Crippen LogP contribution in [-0.4, -0.2) is 12.9 Å². The predicted octanol–water partition coefficient (Wildman–Crippen LogP) is 8.49. The van der Waals surface area contributed by atoms with E-state index in [1.165, 1.54) is 6.07 Å². The molecule has 4 heteroatoms. The van der Waals surface area contributed by atoms with E-state index < -0.39 is 0 Å². The zero-order chi connectivity index (χ0) is 26.5. The van der Waals surface area contributed by atoms with Crippen LogP contribution in [0.4, 0.5) is 4.39 Å². The Bertz CT molecular complexity index is 1170. The van der Waals surface area contributed by atoms with E-state index in [0.717, 1.165) is 34.4 Å². The van der Waals surface area contributed by atoms with Gasteiger partial charge in [0, 0.05) is 12.0 Å². The third-order valence-corrected chi connectivity index (χ3v) is 6.40. The quantitative estimate of drug-likeness (QED) is 0.286. The van der Waals surface area contributed by atoms with Crippen LogP contribution in [0.25, 0.3) is 11.1 Å². The van der Waals surface area contributed by atoms with E-state index in [1.54, 1.807) is 26.2 Å². The molecule has 0 spiro atoms. The highest BCUT2D eigenvalue weighted by Gasteiger charge is 2.21. The third-order valence-electron chi connectivity index (χ3n) is 6.40. The third kappa shape index (κ3) is 7.19. The van der Waals surface area contributed by atoms with Gasteiger partial charge in [0.05, 0.1) is 7.11 Å². The average Bonchev–Trinajstić information content (AvgIpc) is 2.81. The first-order valence-corrected chi connectivity index (χ1v) is 12.7. The van der Waals surface area contributed by atoms with Gasteiger partial charge in [-0.2, -0.15) is 0 Å². The smallest absolute Gasteiger partial charge is 0.131 e. The second-order valence-electron chi connectivity index (χ2n) is 11.1. The molecule has 0 unspecified atom stereocenters. The molecule has 0 aliphatic rings. The fourth-order valence-electron chi connectivity index (χ4n) is 4.65. The SMILES string of the molecule is COc1ccc(F)c(-c2cc(COc3ccc([C@@H](CC(C)=O)CC(C)C)cc3)ccc2C(C)(C)C)c1. The molecule has 0 fully saturated rings. The second kappa shape index (κ2) is 11.7. The summed E-state index contributed by atoms with van der Waals surface area (Å²) in [6.07, 6.45) is 1.53. The Hall–Kier alpha value is -3.14. The molecule has 0 saturated carbocycles. The van der Waals surface area contributed by atoms with Crippen molar-refractivity contribution in [1.82, 2.24) is 0 Å². The lowest BCUT2D eigenvalue weighted by Gasteiger charge is -2.24. The van der Waals surface area contributed by atoms with E-state index in [0.29, 0.717) is 30.3 Å². The molecular weight excluding hydrogens is 451 g/mol. The Balaban J connectivity index is 1.84. The molecule has 3 nitrogen and oxygen atoms in total. The maximum absolute atomic E-state index is 14.9. The molecular formula is C32H39FO3. The predicted molar refractivity (Wildman–Crippen MR) is 145 cm³/mol. The van der Waals surface area contributed by atoms with Crippen LogP contribution in [0.2, 0.25) is 0 Å². The fourth-order valence-corrected chi connectivity index (χ4v) is 4.65. The number of carbonyl (C=O) groups excluding carboxylic acids is 1. The lowest BCUT2D eigenvalue weighted by molar-refractivity contribution is -0.117. The molecule has 0 heterocycles. The number of benzene rings is 3. The first kappa shape index (κ1) is 27.4. The lowest BCUT2D eigenvalue weighted by atomic mass is 9.81. The topological polar surface area (TPSA) is 35.5 Å². The van der Waals surface area contributed by atoms with E-state index in [-0.39, 0.29) is 22.9 Å². The summed E-state index contributed by atoms with van der Waals surface area (Å²) < 4.78 is 26.3. The van der Waals surface area contributed by atoms with Crippen LogP contribution in [-0.2, 0) is 16.8 Å². The molecule has 1 atom stereocenters. The van der Waals surface area contributed by atoms with Crippen LogP contribution in [0.1, 0.15) is 77.0 Å². The minimum atomic E-state index is -0.281. The van der Waals surface area contributed by atoms with E-state index in [1.807, 2.05) is 24.3 Å². The number of ether oxygens (including phenoxy) is 2. The molecule has 3 aromatic rings. The summed E-state index contributed by atoms with van der Waals surface area (Å²) in [5, 5.41) is 0. The number of halogens is 1. The Morgan fingerprint density at radius 3 is 2.17 bits per heavy atom. The van der Waals surface area contributed by atoms with Crippen molar-refractivity contribution in [1.29, 1.82) is 0 Å². The van der Waals surface area contributed by atoms with Crippen molar-refractivity contribution in [3.8, 4) is 22.6 Å². The highest BCUT2D eigenvalue weighted by atomic mass is 19.1. The highest BCUT2D eigenvalue weighted by molar-refractivity contribution is 5.76. The van der Waals surface area contributed by atoms with Gasteiger partial charge in [-0.3, -0.25) is 0 Å². The second-order valence-corrected chi connectivity index (χ2v) is 11.1. The molecule has 3 aromatic carbocycles. The van der Waals surface area contributed by atoms with Gasteiger partial charge in [-0.15, -0.1) is 0 Å². The summed E-state index contributed by atoms with van der Waals surface area (Å²) >= 11 is 0. The number of methoxy groups -OCH3 is 1. The van der Waals surface area contributed by atoms with Gasteiger partial charge in [-0.05, 0) is 89.2 Å². The summed E-state index contributed by atoms with van der Waals surface area (Å²) in [6.45, 7) is 12.8. The van der Waals surface area contributed by atoms with Crippen molar-refractivity contribution in [2.24, 2.45) is 5.92 Å². The molecule has 0 radical (unpaired) electrons. The normalized spacial score (nSPS) is 12.5. The van der Waals surface area contributed by atoms with E-state index in [9.17, 15) is 9.18 Å². The average molecular weight is 491 g/mol. The van der Waals surface area contributed by atoms with Gasteiger partial charge in [0.15, 0.2) is 0 Å². The molecule has 0 bridgehead atoms. The first-order chi connectivity index (χ1) is 17.0. The molecule has 192 valence electrons. The lowest BCUT2D eigenvalue weighted by Crippen LogP contribution is -2.13. The van der Waals surface area contributed by atoms with Gasteiger partial charge in [0.25, 0.3) is 0 Å². The van der Waals surface area contributed by atoms with Crippen molar-refractivity contribution in [2.45, 2.75) is 72.3 Å². The Labute approximate surface area is 215 Å². The van der Waals surface area contributed by atoms with Crippen LogP contribution in [0, 0.1) is 11.7 Å². The summed E-state index contributed by atoms with van der Waals surface area (Å²) in [4.78, 5) is 11.8. The van der Waals surface area contributed by atoms with Crippen molar-refractivity contribution in [3.63, 3.8) is 0 Å². The Kier molecular flexibility index (Phi) is 8.94. The standard InChI is InChI=1S/C32H39FO3/c1-21(2)16-25(17-22(3)34)24-9-11-26(12-10-24)36-20-23-8-14-30(32(4,5)6)28(18-23)29-19-27(35-7)13-15-31(29)33/h8-15,18-19,21,25H,16-17,20H2,1-7H3/t25-/m1/s1. The van der Waals surface area contributed by atoms with Crippen LogP contribution in [0.5, 0.6) is 11.5 Å². The zero-order valence-electron chi connectivity index (χ0n) is 22.7. The van der Waals surface area contributed by atoms with Crippen molar-refractivity contribution < 1.29 is 18.7 Å². The van der Waals surface area contributed by atoms with Crippen LogP contribution in [0.3, 0.4) is 0 Å². The number of rotatable bonds is 10. The number of hydrogen-bond acceptors (Lipinski definition) is 3. The molecule has 36 heavy (non-hydrogen) atoms. The number of carbonyl (C=O) groups is 1. The van der Waals surface area contributed by atoms with E-state index in [4.69, 9.17) is 9.47 Å². The van der Waals surface area contributed by atoms with Gasteiger partial charge in [0.1, 0.15) is 29.7 Å². The van der Waals surface area contributed by atoms with Crippen molar-refractivity contribution >= 4 is 5.78 Å². The molecule has 0 aliphatic heterocycles. The highest BCUT2D eigenvalue weighted by Crippen LogP contribution is 2.37. The zero-order valence-corrected chi connectivity index (χ0v) is 22.7. The Morgan fingerprint density at radius 1 is 0.917 bits per heavy atom. The number of hydrogen-bond donors (Lipinski definition) is 0. The number of Topliss-reactive ketones (excluding diaryl/α,β-unsaturated/α-hetero) is 1. The molecule has 0 saturated heterocycles. The van der Waals surface area contributed by atoms with Gasteiger partial charge in [-0.25, -0.2) is 4.39 Å². The molecule has 0 aromatic heterocycles.